The molecule has 148 valence electrons. The molecule has 1 atom stereocenters. The summed E-state index contributed by atoms with van der Waals surface area (Å²) in [4.78, 5) is 6.34. The van der Waals surface area contributed by atoms with Crippen molar-refractivity contribution in [3.05, 3.63) is 48.5 Å². The molecule has 0 saturated carbocycles. The lowest BCUT2D eigenvalue weighted by Gasteiger charge is -2.27. The number of aromatic nitrogens is 1. The number of rotatable bonds is 3. The first-order valence-electron chi connectivity index (χ1n) is 11.1. The Morgan fingerprint density at radius 2 is 2.00 bits per heavy atom. The molecule has 0 aliphatic carbocycles. The van der Waals surface area contributed by atoms with Crippen molar-refractivity contribution >= 4 is 39.7 Å². The Morgan fingerprint density at radius 1 is 1.03 bits per heavy atom. The summed E-state index contributed by atoms with van der Waals surface area (Å²) in [5, 5.41) is 5.11. The molecule has 6 rings (SSSR count). The number of nitrogens with zero attached hydrogens (tertiary/aromatic N) is 1. The van der Waals surface area contributed by atoms with E-state index < -0.39 is 0 Å². The Kier molecular flexibility index (Phi) is 4.42. The maximum atomic E-state index is 3.82. The van der Waals surface area contributed by atoms with E-state index in [1.54, 1.807) is 0 Å². The summed E-state index contributed by atoms with van der Waals surface area (Å²) in [5.74, 6) is 1.96. The second kappa shape index (κ2) is 7.14. The third-order valence-corrected chi connectivity index (χ3v) is 8.60. The Balaban J connectivity index is 1.43. The molecular formula is C24H28BN3S. The number of fused-ring (bicyclic) bond motifs is 1. The molecular weight excluding hydrogens is 373 g/mol. The van der Waals surface area contributed by atoms with E-state index in [0.29, 0.717) is 11.5 Å². The smallest absolute Gasteiger partial charge is 0.241 e. The molecule has 1 unspecified atom stereocenters. The molecule has 3 aliphatic rings. The van der Waals surface area contributed by atoms with Crippen molar-refractivity contribution in [3.8, 4) is 11.3 Å². The Morgan fingerprint density at radius 3 is 2.83 bits per heavy atom. The Labute approximate surface area is 177 Å². The van der Waals surface area contributed by atoms with E-state index in [4.69, 9.17) is 0 Å². The van der Waals surface area contributed by atoms with E-state index in [2.05, 4.69) is 75.3 Å². The molecule has 0 bridgehead atoms. The number of benzene rings is 2. The highest BCUT2D eigenvalue weighted by molar-refractivity contribution is 8.27. The minimum absolute atomic E-state index is 0.345. The van der Waals surface area contributed by atoms with Crippen LogP contribution in [0.4, 0.5) is 5.69 Å². The van der Waals surface area contributed by atoms with Crippen molar-refractivity contribution in [2.24, 2.45) is 0 Å². The van der Waals surface area contributed by atoms with Gasteiger partial charge in [-0.05, 0) is 49.8 Å². The van der Waals surface area contributed by atoms with Crippen molar-refractivity contribution in [2.45, 2.75) is 37.5 Å². The van der Waals surface area contributed by atoms with Gasteiger partial charge in [-0.25, -0.2) is 11.6 Å². The van der Waals surface area contributed by atoms with Gasteiger partial charge in [0.25, 0.3) is 0 Å². The second-order valence-electron chi connectivity index (χ2n) is 9.03. The maximum Gasteiger partial charge on any atom is 0.241 e. The topological polar surface area (TPSA) is 31.1 Å². The number of anilines is 1. The minimum atomic E-state index is 0.345. The number of para-hydroxylation sites is 1. The van der Waals surface area contributed by atoms with Gasteiger partial charge in [-0.3, -0.25) is 0 Å². The summed E-state index contributed by atoms with van der Waals surface area (Å²) in [6.07, 6.45) is 6.56. The number of hydrogen-bond donors (Lipinski definition) is 2. The lowest BCUT2D eigenvalue weighted by molar-refractivity contribution is 0.419. The van der Waals surface area contributed by atoms with Crippen LogP contribution in [0.3, 0.4) is 0 Å². The molecule has 3 nitrogen and oxygen atoms in total. The van der Waals surface area contributed by atoms with E-state index >= 15 is 0 Å². The highest BCUT2D eigenvalue weighted by Crippen LogP contribution is 2.38. The highest BCUT2D eigenvalue weighted by Gasteiger charge is 2.40. The number of H-pyrrole nitrogens is 1. The van der Waals surface area contributed by atoms with Crippen LogP contribution in [0.5, 0.6) is 0 Å². The maximum absolute atomic E-state index is 3.82. The number of aromatic amines is 1. The van der Waals surface area contributed by atoms with Gasteiger partial charge in [0.15, 0.2) is 0 Å². The molecule has 0 radical (unpaired) electrons. The predicted octanol–water partition coefficient (Wildman–Crippen LogP) is 4.50. The standard InChI is InChI=1S/C24H28BN3S/c1-2-6-21-18(5-1)15-22(27-21)20-16-19(25-11-4-14-29-25)7-8-23(20)28-13-10-24(17-28)9-3-12-26-24/h1-2,5-8,15-16,26-27H,3-4,9-14,17H2. The lowest BCUT2D eigenvalue weighted by Crippen LogP contribution is -2.42. The fraction of sp³-hybridized carbons (Fsp3) is 0.417. The van der Waals surface area contributed by atoms with Crippen LogP contribution in [0.25, 0.3) is 22.2 Å². The highest BCUT2D eigenvalue weighted by atomic mass is 32.2. The average Bonchev–Trinajstić information content (AvgIpc) is 3.55. The number of nitrogens with one attached hydrogen (secondary N) is 2. The molecule has 29 heavy (non-hydrogen) atoms. The fourth-order valence-electron chi connectivity index (χ4n) is 5.60. The van der Waals surface area contributed by atoms with E-state index in [9.17, 15) is 0 Å². The van der Waals surface area contributed by atoms with Gasteiger partial charge in [-0.1, -0.05) is 48.5 Å². The average molecular weight is 401 g/mol. The lowest BCUT2D eigenvalue weighted by atomic mass is 9.64. The molecule has 1 aromatic heterocycles. The second-order valence-corrected chi connectivity index (χ2v) is 10.3. The van der Waals surface area contributed by atoms with Crippen molar-refractivity contribution in [1.82, 2.24) is 10.3 Å². The Hall–Kier alpha value is -1.85. The van der Waals surface area contributed by atoms with Crippen LogP contribution in [0.2, 0.25) is 6.32 Å². The quantitative estimate of drug-likeness (QED) is 0.634. The van der Waals surface area contributed by atoms with Gasteiger partial charge in [-0.2, -0.15) is 0 Å². The normalized spacial score (nSPS) is 24.4. The summed E-state index contributed by atoms with van der Waals surface area (Å²) in [5.41, 5.74) is 7.10. The SMILES string of the molecule is c1ccc2[nH]c(-c3cc(B4CCCS4)ccc3N3CCC4(CCCN4)C3)cc2c1. The van der Waals surface area contributed by atoms with Crippen LogP contribution in [-0.4, -0.2) is 41.9 Å². The molecule has 5 heteroatoms. The van der Waals surface area contributed by atoms with Gasteiger partial charge >= 0.3 is 0 Å². The van der Waals surface area contributed by atoms with Gasteiger partial charge in [-0.15, -0.1) is 0 Å². The van der Waals surface area contributed by atoms with Crippen LogP contribution < -0.4 is 15.7 Å². The molecule has 2 N–H and O–H groups in total. The first kappa shape index (κ1) is 18.0. The van der Waals surface area contributed by atoms with Gasteiger partial charge in [0.1, 0.15) is 0 Å². The van der Waals surface area contributed by atoms with Crippen LogP contribution >= 0.6 is 11.6 Å². The molecule has 3 aliphatic heterocycles. The molecule has 2 aromatic carbocycles. The summed E-state index contributed by atoms with van der Waals surface area (Å²) in [6, 6.07) is 18.3. The third-order valence-electron chi connectivity index (χ3n) is 7.17. The molecule has 0 amide bonds. The summed E-state index contributed by atoms with van der Waals surface area (Å²) >= 11 is 2.12. The number of hydrogen-bond acceptors (Lipinski definition) is 3. The molecule has 1 spiro atoms. The fourth-order valence-corrected chi connectivity index (χ4v) is 6.89. The zero-order chi connectivity index (χ0) is 19.3. The van der Waals surface area contributed by atoms with E-state index in [0.717, 1.165) is 13.1 Å². The molecule has 3 fully saturated rings. The van der Waals surface area contributed by atoms with Crippen molar-refractivity contribution in [1.29, 1.82) is 0 Å². The predicted molar refractivity (Wildman–Crippen MR) is 128 cm³/mol. The minimum Gasteiger partial charge on any atom is -0.369 e. The largest absolute Gasteiger partial charge is 0.369 e. The van der Waals surface area contributed by atoms with E-state index in [1.807, 2.05) is 0 Å². The molecule has 4 heterocycles. The van der Waals surface area contributed by atoms with Crippen molar-refractivity contribution in [3.63, 3.8) is 0 Å². The zero-order valence-corrected chi connectivity index (χ0v) is 17.7. The van der Waals surface area contributed by atoms with Crippen LogP contribution in [0, 0.1) is 0 Å². The molecule has 3 aromatic rings. The van der Waals surface area contributed by atoms with Crippen molar-refractivity contribution in [2.75, 3.05) is 30.3 Å². The van der Waals surface area contributed by atoms with Gasteiger partial charge in [0, 0.05) is 46.5 Å². The van der Waals surface area contributed by atoms with Crippen molar-refractivity contribution < 1.29 is 0 Å². The van der Waals surface area contributed by atoms with E-state index in [-0.39, 0.29) is 0 Å². The summed E-state index contributed by atoms with van der Waals surface area (Å²) in [7, 11) is 0. The summed E-state index contributed by atoms with van der Waals surface area (Å²) in [6.45, 7) is 3.47. The van der Waals surface area contributed by atoms with Gasteiger partial charge in [0.2, 0.25) is 5.99 Å². The van der Waals surface area contributed by atoms with Gasteiger partial charge < -0.3 is 15.2 Å². The van der Waals surface area contributed by atoms with Crippen LogP contribution in [-0.2, 0) is 0 Å². The first-order chi connectivity index (χ1) is 14.3. The van der Waals surface area contributed by atoms with Crippen LogP contribution in [0.1, 0.15) is 25.7 Å². The Bertz CT molecular complexity index is 1000. The van der Waals surface area contributed by atoms with E-state index in [1.165, 1.54) is 77.6 Å². The third kappa shape index (κ3) is 3.19. The summed E-state index contributed by atoms with van der Waals surface area (Å²) < 4.78 is 0. The van der Waals surface area contributed by atoms with Crippen LogP contribution in [0.15, 0.2) is 48.5 Å². The monoisotopic (exact) mass is 401 g/mol. The first-order valence-corrected chi connectivity index (χ1v) is 12.2. The van der Waals surface area contributed by atoms with Gasteiger partial charge in [0.05, 0.1) is 0 Å². The molecule has 3 saturated heterocycles. The zero-order valence-electron chi connectivity index (χ0n) is 16.9.